The molecule has 2 amide bonds. The van der Waals surface area contributed by atoms with E-state index in [1.807, 2.05) is 34.1 Å². The Balaban J connectivity index is 1.62. The Labute approximate surface area is 259 Å². The van der Waals surface area contributed by atoms with Crippen molar-refractivity contribution in [3.63, 3.8) is 0 Å². The van der Waals surface area contributed by atoms with Crippen molar-refractivity contribution in [2.75, 3.05) is 46.3 Å². The standard InChI is InChI=1S/C26H31N7O7S3/c1-13-17(43-12-28-13)7-6-14-10-41-24-20(30-22(36)19(31-39-5)16-11-42-26(27)29-16)23(37)32(24)21(14)25(38)40-15(8-18(34)35)9-33(2,3)4/h6-7,11-12,15,20,24H,8-10H2,1-5H3,(H3-,27,29,30,34,35,36)/p+1/b7-6-,31-19-/t15?,20-,24-/m1/s1. The summed E-state index contributed by atoms with van der Waals surface area (Å²) in [6.07, 6.45) is 2.22. The van der Waals surface area contributed by atoms with Crippen molar-refractivity contribution in [3.05, 3.63) is 44.5 Å². The number of likely N-dealkylation sites (N-methyl/N-ethyl adjacent to an activating group) is 1. The average Bonchev–Trinajstić information content (AvgIpc) is 3.54. The quantitative estimate of drug-likeness (QED) is 0.0988. The number of oxime groups is 1. The van der Waals surface area contributed by atoms with Crippen LogP contribution in [0.15, 0.2) is 33.4 Å². The number of quaternary nitrogens is 1. The van der Waals surface area contributed by atoms with Crippen molar-refractivity contribution >= 4 is 75.1 Å². The summed E-state index contributed by atoms with van der Waals surface area (Å²) in [7, 11) is 6.84. The van der Waals surface area contributed by atoms with Gasteiger partial charge in [0.25, 0.3) is 11.8 Å². The van der Waals surface area contributed by atoms with E-state index in [-0.39, 0.29) is 28.8 Å². The monoisotopic (exact) mass is 650 g/mol. The number of carboxylic acids is 1. The van der Waals surface area contributed by atoms with Crippen LogP contribution in [0.4, 0.5) is 5.13 Å². The Morgan fingerprint density at radius 1 is 1.30 bits per heavy atom. The number of nitrogens with two attached hydrogens (primary N) is 1. The van der Waals surface area contributed by atoms with Crippen molar-refractivity contribution in [2.24, 2.45) is 5.16 Å². The van der Waals surface area contributed by atoms with E-state index in [9.17, 15) is 24.3 Å². The second kappa shape index (κ2) is 13.2. The molecule has 14 nitrogen and oxygen atoms in total. The topological polar surface area (TPSA) is 186 Å². The molecule has 2 aromatic heterocycles. The van der Waals surface area contributed by atoms with Gasteiger partial charge in [0, 0.05) is 16.0 Å². The van der Waals surface area contributed by atoms with Crippen LogP contribution in [0, 0.1) is 6.92 Å². The van der Waals surface area contributed by atoms with Gasteiger partial charge in [0.1, 0.15) is 36.5 Å². The van der Waals surface area contributed by atoms with Crippen LogP contribution in [0.5, 0.6) is 0 Å². The van der Waals surface area contributed by atoms with Crippen LogP contribution in [-0.2, 0) is 28.8 Å². The molecule has 1 fully saturated rings. The number of allylic oxidation sites excluding steroid dienone is 1. The summed E-state index contributed by atoms with van der Waals surface area (Å²) in [6.45, 7) is 2.10. The van der Waals surface area contributed by atoms with Crippen LogP contribution in [-0.4, -0.2) is 112 Å². The molecule has 4 N–H and O–H groups in total. The molecule has 0 bridgehead atoms. The fraction of sp³-hybridized carbons (Fsp3) is 0.423. The highest BCUT2D eigenvalue weighted by Crippen LogP contribution is 2.41. The van der Waals surface area contributed by atoms with Gasteiger partial charge in [0.15, 0.2) is 16.9 Å². The number of hydrogen-bond donors (Lipinski definition) is 3. The number of carboxylic acid groups (broad SMARTS) is 1. The van der Waals surface area contributed by atoms with Crippen molar-refractivity contribution in [1.82, 2.24) is 20.2 Å². The van der Waals surface area contributed by atoms with Crippen LogP contribution >= 0.6 is 34.4 Å². The van der Waals surface area contributed by atoms with E-state index < -0.39 is 47.7 Å². The molecule has 2 aliphatic rings. The average molecular weight is 651 g/mol. The van der Waals surface area contributed by atoms with Gasteiger partial charge in [-0.1, -0.05) is 11.2 Å². The zero-order valence-corrected chi connectivity index (χ0v) is 26.5. The minimum Gasteiger partial charge on any atom is -0.481 e. The molecular weight excluding hydrogens is 619 g/mol. The lowest BCUT2D eigenvalue weighted by Crippen LogP contribution is -2.71. The molecule has 2 aromatic rings. The van der Waals surface area contributed by atoms with Gasteiger partial charge in [-0.3, -0.25) is 19.3 Å². The number of hydrogen-bond acceptors (Lipinski definition) is 13. The molecule has 43 heavy (non-hydrogen) atoms. The molecule has 4 rings (SSSR count). The maximum Gasteiger partial charge on any atom is 0.355 e. The number of carbonyl (C=O) groups excluding carboxylic acids is 3. The van der Waals surface area contributed by atoms with E-state index in [0.717, 1.165) is 21.9 Å². The first-order valence-electron chi connectivity index (χ1n) is 12.9. The number of β-lactam (4-membered cyclic amide) rings is 1. The number of nitrogens with zero attached hydrogens (tertiary/aromatic N) is 5. The summed E-state index contributed by atoms with van der Waals surface area (Å²) in [5, 5.41) is 17.0. The summed E-state index contributed by atoms with van der Waals surface area (Å²) in [5.74, 6) is -2.84. The molecule has 1 saturated heterocycles. The maximum atomic E-state index is 13.7. The van der Waals surface area contributed by atoms with E-state index in [4.69, 9.17) is 15.3 Å². The minimum atomic E-state index is -1.11. The first-order chi connectivity index (χ1) is 20.3. The van der Waals surface area contributed by atoms with Crippen molar-refractivity contribution in [3.8, 4) is 0 Å². The minimum absolute atomic E-state index is 0.00696. The van der Waals surface area contributed by atoms with E-state index in [0.29, 0.717) is 15.8 Å². The second-order valence-electron chi connectivity index (χ2n) is 10.7. The first-order valence-corrected chi connectivity index (χ1v) is 15.7. The molecule has 0 aliphatic carbocycles. The third kappa shape index (κ3) is 7.59. The number of thioether (sulfide) groups is 1. The number of fused-ring (bicyclic) bond motifs is 1. The number of thiazole rings is 2. The summed E-state index contributed by atoms with van der Waals surface area (Å²) >= 11 is 3.91. The Hall–Kier alpha value is -3.80. The number of aryl methyl sites for hydroxylation is 1. The number of ether oxygens (including phenoxy) is 1. The highest BCUT2D eigenvalue weighted by atomic mass is 32.2. The Morgan fingerprint density at radius 2 is 2.05 bits per heavy atom. The van der Waals surface area contributed by atoms with Gasteiger partial charge < -0.3 is 30.2 Å². The summed E-state index contributed by atoms with van der Waals surface area (Å²) in [6, 6.07) is -0.978. The smallest absolute Gasteiger partial charge is 0.355 e. The normalized spacial score (nSPS) is 19.6. The molecule has 230 valence electrons. The number of carbonyl (C=O) groups is 4. The molecular formula is C26H32N7O7S3+. The van der Waals surface area contributed by atoms with Crippen LogP contribution in [0.3, 0.4) is 0 Å². The number of amides is 2. The van der Waals surface area contributed by atoms with Gasteiger partial charge in [-0.25, -0.2) is 14.8 Å². The SMILES string of the molecule is CO/N=C(\C(=O)N[C@@H]1C(=O)N2C(C(=O)OC(CC(=O)O)C[N+](C)(C)C)=C(/C=C\c3scnc3C)CS[C@H]12)c1csc(N)n1. The van der Waals surface area contributed by atoms with E-state index >= 15 is 0 Å². The van der Waals surface area contributed by atoms with E-state index in [2.05, 4.69) is 20.4 Å². The van der Waals surface area contributed by atoms with E-state index in [1.54, 1.807) is 17.0 Å². The molecule has 3 atom stereocenters. The van der Waals surface area contributed by atoms with Crippen LogP contribution in [0.2, 0.25) is 0 Å². The fourth-order valence-corrected chi connectivity index (χ4v) is 7.03. The van der Waals surface area contributed by atoms with E-state index in [1.165, 1.54) is 35.1 Å². The van der Waals surface area contributed by atoms with Crippen LogP contribution in [0.25, 0.3) is 6.08 Å². The maximum absolute atomic E-state index is 13.7. The lowest BCUT2D eigenvalue weighted by Gasteiger charge is -2.49. The fourth-order valence-electron chi connectivity index (χ4n) is 4.47. The van der Waals surface area contributed by atoms with Gasteiger partial charge in [-0.05, 0) is 18.6 Å². The predicted molar refractivity (Wildman–Crippen MR) is 163 cm³/mol. The summed E-state index contributed by atoms with van der Waals surface area (Å²) < 4.78 is 6.09. The highest BCUT2D eigenvalue weighted by molar-refractivity contribution is 8.00. The van der Waals surface area contributed by atoms with Gasteiger partial charge >= 0.3 is 11.9 Å². The van der Waals surface area contributed by atoms with Gasteiger partial charge in [0.2, 0.25) is 0 Å². The van der Waals surface area contributed by atoms with Crippen LogP contribution in [0.1, 0.15) is 22.7 Å². The zero-order valence-electron chi connectivity index (χ0n) is 24.1. The number of esters is 1. The van der Waals surface area contributed by atoms with Gasteiger partial charge in [0.05, 0.1) is 38.8 Å². The first kappa shape index (κ1) is 32.1. The summed E-state index contributed by atoms with van der Waals surface area (Å²) in [4.78, 5) is 67.2. The lowest BCUT2D eigenvalue weighted by molar-refractivity contribution is -0.873. The van der Waals surface area contributed by atoms with Crippen molar-refractivity contribution < 1.29 is 38.3 Å². The number of nitrogens with one attached hydrogen (secondary N) is 1. The van der Waals surface area contributed by atoms with Crippen molar-refractivity contribution in [1.29, 1.82) is 0 Å². The lowest BCUT2D eigenvalue weighted by atomic mass is 10.0. The number of rotatable bonds is 12. The number of aliphatic carboxylic acids is 1. The summed E-state index contributed by atoms with van der Waals surface area (Å²) in [5.41, 5.74) is 8.79. The third-order valence-electron chi connectivity index (χ3n) is 6.29. The molecule has 0 saturated carbocycles. The predicted octanol–water partition coefficient (Wildman–Crippen LogP) is 1.30. The molecule has 0 aromatic carbocycles. The Bertz CT molecular complexity index is 1510. The molecule has 1 unspecified atom stereocenters. The van der Waals surface area contributed by atoms with Crippen molar-refractivity contribution in [2.45, 2.75) is 30.9 Å². The molecule has 2 aliphatic heterocycles. The zero-order chi connectivity index (χ0) is 31.5. The van der Waals surface area contributed by atoms with Gasteiger partial charge in [-0.2, -0.15) is 0 Å². The third-order valence-corrected chi connectivity index (χ3v) is 9.16. The Morgan fingerprint density at radius 3 is 2.63 bits per heavy atom. The molecule has 0 spiro atoms. The highest BCUT2D eigenvalue weighted by Gasteiger charge is 2.54. The number of aromatic nitrogens is 2. The van der Waals surface area contributed by atoms with Gasteiger partial charge in [-0.15, -0.1) is 34.4 Å². The van der Waals surface area contributed by atoms with Crippen LogP contribution < -0.4 is 11.1 Å². The number of nitrogen functional groups attached to an aromatic ring is 1. The molecule has 4 heterocycles. The number of anilines is 1. The second-order valence-corrected chi connectivity index (χ2v) is 13.5. The largest absolute Gasteiger partial charge is 0.481 e. The molecule has 0 radical (unpaired) electrons. The molecule has 17 heteroatoms. The Kier molecular flexibility index (Phi) is 9.89.